The zero-order valence-electron chi connectivity index (χ0n) is 20.4. The van der Waals surface area contributed by atoms with Crippen LogP contribution >= 0.6 is 0 Å². The summed E-state index contributed by atoms with van der Waals surface area (Å²) in [6, 6.07) is 22.8. The molecule has 186 valence electrons. The molecule has 0 fully saturated rings. The van der Waals surface area contributed by atoms with Gasteiger partial charge >= 0.3 is 0 Å². The van der Waals surface area contributed by atoms with E-state index in [4.69, 9.17) is 14.5 Å². The molecule has 2 aromatic heterocycles. The average molecular weight is 497 g/mol. The predicted octanol–water partition coefficient (Wildman–Crippen LogP) is 5.77. The number of benzene rings is 3. The molecule has 2 heterocycles. The maximum Gasteiger partial charge on any atom is 0.252 e. The Bertz CT molecular complexity index is 1530. The van der Waals surface area contributed by atoms with Gasteiger partial charge in [-0.25, -0.2) is 9.37 Å². The molecular weight excluding hydrogens is 471 g/mol. The largest absolute Gasteiger partial charge is 0.497 e. The minimum atomic E-state index is -0.326. The van der Waals surface area contributed by atoms with Gasteiger partial charge in [-0.3, -0.25) is 9.89 Å². The van der Waals surface area contributed by atoms with Gasteiger partial charge in [0.15, 0.2) is 5.65 Å². The molecule has 0 saturated heterocycles. The third-order valence-corrected chi connectivity index (χ3v) is 5.97. The first-order chi connectivity index (χ1) is 18.1. The molecule has 37 heavy (non-hydrogen) atoms. The molecule has 0 radical (unpaired) electrons. The van der Waals surface area contributed by atoms with Crippen LogP contribution in [0.3, 0.4) is 0 Å². The smallest absolute Gasteiger partial charge is 0.252 e. The molecule has 0 saturated carbocycles. The molecule has 5 aromatic rings. The lowest BCUT2D eigenvalue weighted by molar-refractivity contribution is 0.0952. The average Bonchev–Trinajstić information content (AvgIpc) is 3.37. The van der Waals surface area contributed by atoms with E-state index in [1.165, 1.54) is 12.1 Å². The number of aromatic nitrogens is 3. The Kier molecular flexibility index (Phi) is 6.81. The number of halogens is 1. The summed E-state index contributed by atoms with van der Waals surface area (Å²) in [5.74, 6) is 0.861. The predicted molar refractivity (Wildman–Crippen MR) is 140 cm³/mol. The first-order valence-electron chi connectivity index (χ1n) is 11.8. The molecule has 1 amide bonds. The van der Waals surface area contributed by atoms with Crippen LogP contribution in [0.1, 0.15) is 22.8 Å². The Labute approximate surface area is 213 Å². The monoisotopic (exact) mass is 496 g/mol. The first-order valence-corrected chi connectivity index (χ1v) is 11.8. The van der Waals surface area contributed by atoms with Gasteiger partial charge < -0.3 is 14.8 Å². The number of ether oxygens (including phenoxy) is 2. The summed E-state index contributed by atoms with van der Waals surface area (Å²) in [6.45, 7) is 2.75. The summed E-state index contributed by atoms with van der Waals surface area (Å²) in [4.78, 5) is 18.3. The first kappa shape index (κ1) is 24.0. The van der Waals surface area contributed by atoms with Crippen molar-refractivity contribution in [2.75, 3.05) is 13.7 Å². The number of fused-ring (bicyclic) bond motifs is 1. The van der Waals surface area contributed by atoms with Crippen LogP contribution in [0.4, 0.5) is 4.39 Å². The molecule has 0 aliphatic rings. The van der Waals surface area contributed by atoms with Crippen LogP contribution in [-0.4, -0.2) is 34.8 Å². The van der Waals surface area contributed by atoms with Crippen molar-refractivity contribution < 1.29 is 18.7 Å². The number of hydrogen-bond acceptors (Lipinski definition) is 5. The Balaban J connectivity index is 1.57. The maximum absolute atomic E-state index is 13.5. The number of carbonyl (C=O) groups excluding carboxylic acids is 1. The normalized spacial score (nSPS) is 10.9. The molecular formula is C29H25FN4O3. The number of nitrogens with one attached hydrogen (secondary N) is 2. The fraction of sp³-hybridized carbons (Fsp3) is 0.138. The second kappa shape index (κ2) is 10.5. The van der Waals surface area contributed by atoms with E-state index in [0.29, 0.717) is 34.6 Å². The number of amides is 1. The standard InChI is InChI=1S/C29H25FN4O3/c1-3-37-23-14-6-19(7-15-23)25-16-24(29(35)31-17-18-4-10-21(30)11-5-18)26-27(33-34-28(26)32-25)20-8-12-22(36-2)13-9-20/h4-16H,3,17H2,1-2H3,(H,31,35)(H,32,33,34). The van der Waals surface area contributed by atoms with Crippen molar-refractivity contribution in [3.63, 3.8) is 0 Å². The highest BCUT2D eigenvalue weighted by Crippen LogP contribution is 2.32. The number of rotatable bonds is 8. The van der Waals surface area contributed by atoms with Crippen molar-refractivity contribution in [2.45, 2.75) is 13.5 Å². The van der Waals surface area contributed by atoms with Crippen LogP contribution in [-0.2, 0) is 6.54 Å². The van der Waals surface area contributed by atoms with E-state index in [-0.39, 0.29) is 18.3 Å². The van der Waals surface area contributed by atoms with Crippen molar-refractivity contribution in [3.8, 4) is 34.0 Å². The van der Waals surface area contributed by atoms with Crippen molar-refractivity contribution in [1.29, 1.82) is 0 Å². The van der Waals surface area contributed by atoms with Crippen molar-refractivity contribution in [3.05, 3.63) is 95.8 Å². The molecule has 3 aromatic carbocycles. The van der Waals surface area contributed by atoms with Gasteiger partial charge in [-0.15, -0.1) is 0 Å². The minimum absolute atomic E-state index is 0.247. The Morgan fingerprint density at radius 2 is 1.62 bits per heavy atom. The molecule has 7 nitrogen and oxygen atoms in total. The third kappa shape index (κ3) is 5.13. The number of pyridine rings is 1. The Hall–Kier alpha value is -4.72. The van der Waals surface area contributed by atoms with E-state index in [9.17, 15) is 9.18 Å². The summed E-state index contributed by atoms with van der Waals surface area (Å²) in [7, 11) is 1.61. The molecule has 0 aliphatic carbocycles. The maximum atomic E-state index is 13.5. The third-order valence-electron chi connectivity index (χ3n) is 5.97. The van der Waals surface area contributed by atoms with Gasteiger partial charge in [0.05, 0.1) is 36.1 Å². The molecule has 0 atom stereocenters. The highest BCUT2D eigenvalue weighted by atomic mass is 19.1. The van der Waals surface area contributed by atoms with Crippen molar-refractivity contribution in [2.24, 2.45) is 0 Å². The fourth-order valence-electron chi connectivity index (χ4n) is 4.09. The van der Waals surface area contributed by atoms with Gasteiger partial charge in [-0.05, 0) is 79.2 Å². The summed E-state index contributed by atoms with van der Waals surface area (Å²) < 4.78 is 24.1. The van der Waals surface area contributed by atoms with Crippen molar-refractivity contribution in [1.82, 2.24) is 20.5 Å². The molecule has 5 rings (SSSR count). The molecule has 2 N–H and O–H groups in total. The van der Waals surface area contributed by atoms with E-state index in [0.717, 1.165) is 28.2 Å². The van der Waals surface area contributed by atoms with Crippen LogP contribution < -0.4 is 14.8 Å². The highest BCUT2D eigenvalue weighted by molar-refractivity contribution is 6.11. The quantitative estimate of drug-likeness (QED) is 0.285. The number of nitrogens with zero attached hydrogens (tertiary/aromatic N) is 2. The minimum Gasteiger partial charge on any atom is -0.497 e. The van der Waals surface area contributed by atoms with Gasteiger partial charge in [0.25, 0.3) is 5.91 Å². The molecule has 0 aliphatic heterocycles. The summed E-state index contributed by atoms with van der Waals surface area (Å²) >= 11 is 0. The molecule has 0 spiro atoms. The number of hydrogen-bond donors (Lipinski definition) is 2. The topological polar surface area (TPSA) is 89.1 Å². The van der Waals surface area contributed by atoms with Gasteiger partial charge in [-0.1, -0.05) is 12.1 Å². The number of carbonyl (C=O) groups is 1. The highest BCUT2D eigenvalue weighted by Gasteiger charge is 2.20. The van der Waals surface area contributed by atoms with E-state index in [1.807, 2.05) is 55.5 Å². The SMILES string of the molecule is CCOc1ccc(-c2cc(C(=O)NCc3ccc(F)cc3)c3c(-c4ccc(OC)cc4)[nH]nc3n2)cc1. The van der Waals surface area contributed by atoms with Crippen LogP contribution in [0, 0.1) is 5.82 Å². The second-order valence-electron chi connectivity index (χ2n) is 8.35. The van der Waals surface area contributed by atoms with Crippen LogP contribution in [0.25, 0.3) is 33.5 Å². The van der Waals surface area contributed by atoms with Gasteiger partial charge in [0.1, 0.15) is 17.3 Å². The Morgan fingerprint density at radius 1 is 0.946 bits per heavy atom. The van der Waals surface area contributed by atoms with Crippen molar-refractivity contribution >= 4 is 16.9 Å². The summed E-state index contributed by atoms with van der Waals surface area (Å²) in [6.07, 6.45) is 0. The van der Waals surface area contributed by atoms with Gasteiger partial charge in [0, 0.05) is 17.7 Å². The van der Waals surface area contributed by atoms with E-state index >= 15 is 0 Å². The van der Waals surface area contributed by atoms with E-state index in [2.05, 4.69) is 15.5 Å². The van der Waals surface area contributed by atoms with Gasteiger partial charge in [0.2, 0.25) is 0 Å². The lowest BCUT2D eigenvalue weighted by Crippen LogP contribution is -2.23. The van der Waals surface area contributed by atoms with Gasteiger partial charge in [-0.2, -0.15) is 5.10 Å². The fourth-order valence-corrected chi connectivity index (χ4v) is 4.09. The summed E-state index contributed by atoms with van der Waals surface area (Å²) in [5.41, 5.74) is 4.58. The lowest BCUT2D eigenvalue weighted by Gasteiger charge is -2.11. The lowest BCUT2D eigenvalue weighted by atomic mass is 10.0. The zero-order chi connectivity index (χ0) is 25.8. The zero-order valence-corrected chi connectivity index (χ0v) is 20.4. The molecule has 8 heteroatoms. The van der Waals surface area contributed by atoms with E-state index < -0.39 is 0 Å². The van der Waals surface area contributed by atoms with Crippen LogP contribution in [0.2, 0.25) is 0 Å². The second-order valence-corrected chi connectivity index (χ2v) is 8.35. The van der Waals surface area contributed by atoms with E-state index in [1.54, 1.807) is 25.3 Å². The number of H-pyrrole nitrogens is 1. The Morgan fingerprint density at radius 3 is 2.30 bits per heavy atom. The van der Waals surface area contributed by atoms with Crippen LogP contribution in [0.5, 0.6) is 11.5 Å². The number of aromatic amines is 1. The number of methoxy groups -OCH3 is 1. The molecule has 0 bridgehead atoms. The van der Waals surface area contributed by atoms with Crippen LogP contribution in [0.15, 0.2) is 78.9 Å². The molecule has 0 unspecified atom stereocenters. The summed E-state index contributed by atoms with van der Waals surface area (Å²) in [5, 5.41) is 11.0.